The molecule has 0 aliphatic carbocycles. The van der Waals surface area contributed by atoms with Gasteiger partial charge in [0.15, 0.2) is 0 Å². The first kappa shape index (κ1) is 27.0. The highest BCUT2D eigenvalue weighted by molar-refractivity contribution is 7.81. The molecular weight excluding hydrogens is 386 g/mol. The Morgan fingerprint density at radius 1 is 0.852 bits per heavy atom. The predicted octanol–water partition coefficient (Wildman–Crippen LogP) is 2.46. The molecule has 0 fully saturated rings. The number of quaternary nitrogens is 1. The van der Waals surface area contributed by atoms with Crippen molar-refractivity contribution in [3.8, 4) is 0 Å². The molecule has 0 aromatic carbocycles. The van der Waals surface area contributed by atoms with E-state index in [1.165, 1.54) is 0 Å². The van der Waals surface area contributed by atoms with Gasteiger partial charge in [-0.15, -0.1) is 0 Å². The van der Waals surface area contributed by atoms with Crippen molar-refractivity contribution in [3.05, 3.63) is 0 Å². The van der Waals surface area contributed by atoms with Gasteiger partial charge in [0.1, 0.15) is 13.2 Å². The molecule has 0 amide bonds. The van der Waals surface area contributed by atoms with Crippen LogP contribution in [0.1, 0.15) is 32.1 Å². The highest BCUT2D eigenvalue weighted by Crippen LogP contribution is 2.12. The quantitative estimate of drug-likeness (QED) is 0.144. The van der Waals surface area contributed by atoms with Crippen LogP contribution in [0.5, 0.6) is 0 Å². The number of ether oxygens (including phenoxy) is 4. The Kier molecular flexibility index (Phi) is 18.1. The van der Waals surface area contributed by atoms with Gasteiger partial charge in [-0.3, -0.25) is 4.79 Å². The van der Waals surface area contributed by atoms with E-state index in [0.29, 0.717) is 51.3 Å². The van der Waals surface area contributed by atoms with E-state index in [1.807, 2.05) is 0 Å². The van der Waals surface area contributed by atoms with Gasteiger partial charge < -0.3 is 23.4 Å². The van der Waals surface area contributed by atoms with Crippen molar-refractivity contribution in [3.63, 3.8) is 0 Å². The number of carbonyl (C=O) groups is 1. The van der Waals surface area contributed by atoms with Crippen molar-refractivity contribution in [1.82, 2.24) is 0 Å². The van der Waals surface area contributed by atoms with E-state index >= 15 is 0 Å². The molecule has 0 saturated carbocycles. The first-order valence-corrected chi connectivity index (χ1v) is 11.0. The summed E-state index contributed by atoms with van der Waals surface area (Å²) in [6.45, 7) is 4.58. The van der Waals surface area contributed by atoms with Crippen molar-refractivity contribution in [2.75, 3.05) is 79.7 Å². The number of rotatable bonds is 19. The fraction of sp³-hybridized carbons (Fsp3) is 0.947. The maximum Gasteiger partial charge on any atom is 0.305 e. The summed E-state index contributed by atoms with van der Waals surface area (Å²) in [5.74, 6) is 0.692. The summed E-state index contributed by atoms with van der Waals surface area (Å²) in [7, 11) is 6.41. The second-order valence-electron chi connectivity index (χ2n) is 7.48. The zero-order valence-corrected chi connectivity index (χ0v) is 19.1. The van der Waals surface area contributed by atoms with Crippen LogP contribution in [0.2, 0.25) is 0 Å². The largest absolute Gasteiger partial charge is 0.463 e. The van der Waals surface area contributed by atoms with Gasteiger partial charge in [0.2, 0.25) is 0 Å². The van der Waals surface area contributed by atoms with Crippen LogP contribution in [-0.2, 0) is 23.7 Å². The molecule has 0 bridgehead atoms. The first-order chi connectivity index (χ1) is 12.8. The van der Waals surface area contributed by atoms with E-state index in [-0.39, 0.29) is 5.97 Å². The standard InChI is InChI=1S/C19H39NO5S2/c1-20(2,3)9-10-22-11-12-23-13-14-24-15-16-25-19(21)7-5-4-6-18(27)8-17-26/h18H,4-17H2,1-3H3,(H-,26,27)/p+1. The maximum atomic E-state index is 11.6. The summed E-state index contributed by atoms with van der Waals surface area (Å²) < 4.78 is 22.3. The Morgan fingerprint density at radius 3 is 1.96 bits per heavy atom. The molecule has 6 nitrogen and oxygen atoms in total. The Labute approximate surface area is 176 Å². The van der Waals surface area contributed by atoms with E-state index in [0.717, 1.165) is 49.1 Å². The average molecular weight is 427 g/mol. The SMILES string of the molecule is C[N+](C)(C)CCOCCOCCOCCOC(=O)CCCCC(S)CCS. The van der Waals surface area contributed by atoms with Crippen molar-refractivity contribution >= 4 is 31.2 Å². The van der Waals surface area contributed by atoms with Gasteiger partial charge in [-0.1, -0.05) is 6.42 Å². The number of carbonyl (C=O) groups excluding carboxylic acids is 1. The van der Waals surface area contributed by atoms with Crippen LogP contribution in [0.4, 0.5) is 0 Å². The molecule has 8 heteroatoms. The van der Waals surface area contributed by atoms with Crippen LogP contribution in [0.15, 0.2) is 0 Å². The number of unbranched alkanes of at least 4 members (excludes halogenated alkanes) is 1. The summed E-state index contributed by atoms with van der Waals surface area (Å²) in [6.07, 6.45) is 4.30. The molecular formula is C19H40NO5S2+. The van der Waals surface area contributed by atoms with E-state index in [2.05, 4.69) is 46.4 Å². The Balaban J connectivity index is 3.24. The third-order valence-electron chi connectivity index (χ3n) is 3.77. The molecule has 0 radical (unpaired) electrons. The number of likely N-dealkylation sites (N-methyl/N-ethyl adjacent to an activating group) is 1. The zero-order chi connectivity index (χ0) is 20.4. The molecule has 0 spiro atoms. The Hall–Kier alpha value is 0.0100. The number of nitrogens with zero attached hydrogens (tertiary/aromatic N) is 1. The normalized spacial score (nSPS) is 12.9. The van der Waals surface area contributed by atoms with Gasteiger partial charge in [0, 0.05) is 11.7 Å². The maximum absolute atomic E-state index is 11.6. The minimum absolute atomic E-state index is 0.161. The molecule has 0 aromatic rings. The molecule has 0 heterocycles. The lowest BCUT2D eigenvalue weighted by atomic mass is 10.1. The van der Waals surface area contributed by atoms with Gasteiger partial charge in [0.25, 0.3) is 0 Å². The molecule has 1 unspecified atom stereocenters. The minimum atomic E-state index is -0.161. The third kappa shape index (κ3) is 22.2. The molecule has 0 aliphatic heterocycles. The first-order valence-electron chi connectivity index (χ1n) is 9.83. The van der Waals surface area contributed by atoms with Crippen LogP contribution < -0.4 is 0 Å². The molecule has 1 atom stereocenters. The van der Waals surface area contributed by atoms with Crippen LogP contribution in [0.3, 0.4) is 0 Å². The number of hydrogen-bond donors (Lipinski definition) is 2. The third-order valence-corrected chi connectivity index (χ3v) is 4.55. The van der Waals surface area contributed by atoms with Crippen LogP contribution in [0.25, 0.3) is 0 Å². The molecule has 0 aliphatic rings. The molecule has 162 valence electrons. The van der Waals surface area contributed by atoms with Crippen molar-refractivity contribution in [2.45, 2.75) is 37.4 Å². The topological polar surface area (TPSA) is 54.0 Å². The van der Waals surface area contributed by atoms with Crippen LogP contribution >= 0.6 is 25.3 Å². The highest BCUT2D eigenvalue weighted by atomic mass is 32.1. The average Bonchev–Trinajstić information content (AvgIpc) is 2.59. The van der Waals surface area contributed by atoms with Gasteiger partial charge in [0.05, 0.1) is 60.8 Å². The number of esters is 1. The summed E-state index contributed by atoms with van der Waals surface area (Å²) in [5, 5.41) is 0.378. The number of thiol groups is 2. The van der Waals surface area contributed by atoms with Crippen LogP contribution in [0, 0.1) is 0 Å². The highest BCUT2D eigenvalue weighted by Gasteiger charge is 2.06. The van der Waals surface area contributed by atoms with Gasteiger partial charge in [-0.05, 0) is 25.0 Å². The monoisotopic (exact) mass is 426 g/mol. The lowest BCUT2D eigenvalue weighted by molar-refractivity contribution is -0.870. The molecule has 27 heavy (non-hydrogen) atoms. The van der Waals surface area contributed by atoms with E-state index in [4.69, 9.17) is 18.9 Å². The van der Waals surface area contributed by atoms with Gasteiger partial charge in [-0.2, -0.15) is 25.3 Å². The summed E-state index contributed by atoms with van der Waals surface area (Å²) in [4.78, 5) is 11.6. The summed E-state index contributed by atoms with van der Waals surface area (Å²) in [5.41, 5.74) is 0. The van der Waals surface area contributed by atoms with Crippen molar-refractivity contribution in [1.29, 1.82) is 0 Å². The van der Waals surface area contributed by atoms with Crippen LogP contribution in [-0.4, -0.2) is 95.4 Å². The van der Waals surface area contributed by atoms with E-state index in [1.54, 1.807) is 0 Å². The second-order valence-corrected chi connectivity index (χ2v) is 8.66. The zero-order valence-electron chi connectivity index (χ0n) is 17.4. The molecule has 0 aromatic heterocycles. The van der Waals surface area contributed by atoms with E-state index < -0.39 is 0 Å². The molecule has 0 saturated heterocycles. The predicted molar refractivity (Wildman–Crippen MR) is 116 cm³/mol. The van der Waals surface area contributed by atoms with Gasteiger partial charge in [-0.25, -0.2) is 0 Å². The minimum Gasteiger partial charge on any atom is -0.463 e. The summed E-state index contributed by atoms with van der Waals surface area (Å²) >= 11 is 8.66. The van der Waals surface area contributed by atoms with Crippen molar-refractivity contribution < 1.29 is 28.2 Å². The molecule has 0 rings (SSSR count). The summed E-state index contributed by atoms with van der Waals surface area (Å²) in [6, 6.07) is 0. The fourth-order valence-electron chi connectivity index (χ4n) is 2.11. The van der Waals surface area contributed by atoms with E-state index in [9.17, 15) is 4.79 Å². The smallest absolute Gasteiger partial charge is 0.305 e. The van der Waals surface area contributed by atoms with Crippen molar-refractivity contribution in [2.24, 2.45) is 0 Å². The molecule has 0 N–H and O–H groups in total. The Morgan fingerprint density at radius 2 is 1.41 bits per heavy atom. The fourth-order valence-corrected chi connectivity index (χ4v) is 2.94. The number of hydrogen-bond acceptors (Lipinski definition) is 7. The second kappa shape index (κ2) is 18.1. The lowest BCUT2D eigenvalue weighted by Crippen LogP contribution is -2.37. The Bertz CT molecular complexity index is 353. The lowest BCUT2D eigenvalue weighted by Gasteiger charge is -2.23. The van der Waals surface area contributed by atoms with Gasteiger partial charge >= 0.3 is 5.97 Å².